The Kier molecular flexibility index (Phi) is 3.90. The molecule has 1 fully saturated rings. The second-order valence-electron chi connectivity index (χ2n) is 4.68. The molecule has 1 aromatic heterocycles. The normalized spacial score (nSPS) is 15.3. The van der Waals surface area contributed by atoms with Crippen molar-refractivity contribution in [1.82, 2.24) is 9.97 Å². The van der Waals surface area contributed by atoms with E-state index in [4.69, 9.17) is 9.84 Å². The molecule has 1 aromatic carbocycles. The number of benzene rings is 1. The number of aromatic nitrogens is 2. The summed E-state index contributed by atoms with van der Waals surface area (Å²) in [5.74, 6) is 0.645. The summed E-state index contributed by atoms with van der Waals surface area (Å²) in [5, 5.41) is 9.15. The zero-order valence-electron chi connectivity index (χ0n) is 11.2. The van der Waals surface area contributed by atoms with Crippen LogP contribution in [-0.4, -0.2) is 41.4 Å². The zero-order valence-corrected chi connectivity index (χ0v) is 11.2. The van der Waals surface area contributed by atoms with Crippen molar-refractivity contribution in [2.45, 2.75) is 6.61 Å². The van der Waals surface area contributed by atoms with E-state index in [2.05, 4.69) is 27.0 Å². The van der Waals surface area contributed by atoms with Crippen molar-refractivity contribution >= 4 is 5.69 Å². The van der Waals surface area contributed by atoms with Gasteiger partial charge in [0.25, 0.3) is 0 Å². The largest absolute Gasteiger partial charge is 0.390 e. The van der Waals surface area contributed by atoms with Crippen LogP contribution >= 0.6 is 0 Å². The number of rotatable bonds is 3. The van der Waals surface area contributed by atoms with E-state index in [1.165, 1.54) is 0 Å². The Labute approximate surface area is 117 Å². The van der Waals surface area contributed by atoms with Crippen LogP contribution in [0.2, 0.25) is 0 Å². The number of aliphatic hydroxyl groups excluding tert-OH is 1. The molecule has 20 heavy (non-hydrogen) atoms. The molecule has 0 unspecified atom stereocenters. The van der Waals surface area contributed by atoms with Gasteiger partial charge in [-0.2, -0.15) is 0 Å². The highest BCUT2D eigenvalue weighted by Gasteiger charge is 2.12. The summed E-state index contributed by atoms with van der Waals surface area (Å²) >= 11 is 0. The fourth-order valence-corrected chi connectivity index (χ4v) is 2.29. The molecule has 2 aromatic rings. The van der Waals surface area contributed by atoms with Gasteiger partial charge in [-0.1, -0.05) is 12.1 Å². The van der Waals surface area contributed by atoms with Crippen LogP contribution in [0.4, 0.5) is 5.69 Å². The van der Waals surface area contributed by atoms with Gasteiger partial charge in [-0.05, 0) is 18.2 Å². The number of morpholine rings is 1. The monoisotopic (exact) mass is 271 g/mol. The molecule has 2 heterocycles. The molecule has 0 amide bonds. The lowest BCUT2D eigenvalue weighted by Crippen LogP contribution is -2.36. The highest BCUT2D eigenvalue weighted by molar-refractivity contribution is 5.63. The molecule has 3 rings (SSSR count). The van der Waals surface area contributed by atoms with Gasteiger partial charge in [0.15, 0.2) is 5.82 Å². The van der Waals surface area contributed by atoms with Crippen molar-refractivity contribution in [3.63, 3.8) is 0 Å². The highest BCUT2D eigenvalue weighted by Crippen LogP contribution is 2.23. The maximum atomic E-state index is 9.15. The van der Waals surface area contributed by atoms with E-state index >= 15 is 0 Å². The summed E-state index contributed by atoms with van der Waals surface area (Å²) in [7, 11) is 0. The topological polar surface area (TPSA) is 58.5 Å². The standard InChI is InChI=1S/C15H17N3O2/c19-11-13-4-5-16-15(17-13)12-2-1-3-14(10-12)18-6-8-20-9-7-18/h1-5,10,19H,6-9,11H2. The van der Waals surface area contributed by atoms with Gasteiger partial charge in [0, 0.05) is 30.5 Å². The lowest BCUT2D eigenvalue weighted by Gasteiger charge is -2.29. The Morgan fingerprint density at radius 1 is 1.20 bits per heavy atom. The third-order valence-corrected chi connectivity index (χ3v) is 3.36. The molecule has 1 saturated heterocycles. The summed E-state index contributed by atoms with van der Waals surface area (Å²) in [6.45, 7) is 3.27. The van der Waals surface area contributed by atoms with Crippen molar-refractivity contribution < 1.29 is 9.84 Å². The predicted molar refractivity (Wildman–Crippen MR) is 76.4 cm³/mol. The lowest BCUT2D eigenvalue weighted by atomic mass is 10.1. The van der Waals surface area contributed by atoms with E-state index in [1.54, 1.807) is 12.3 Å². The molecular formula is C15H17N3O2. The van der Waals surface area contributed by atoms with Gasteiger partial charge in [-0.25, -0.2) is 9.97 Å². The highest BCUT2D eigenvalue weighted by atomic mass is 16.5. The van der Waals surface area contributed by atoms with Crippen LogP contribution in [0.25, 0.3) is 11.4 Å². The summed E-state index contributed by atoms with van der Waals surface area (Å²) in [6, 6.07) is 9.89. The number of nitrogens with zero attached hydrogens (tertiary/aromatic N) is 3. The van der Waals surface area contributed by atoms with E-state index in [0.717, 1.165) is 37.6 Å². The summed E-state index contributed by atoms with van der Waals surface area (Å²) in [5.41, 5.74) is 2.75. The molecule has 5 nitrogen and oxygen atoms in total. The zero-order chi connectivity index (χ0) is 13.8. The molecule has 1 aliphatic heterocycles. The van der Waals surface area contributed by atoms with E-state index in [1.807, 2.05) is 12.1 Å². The van der Waals surface area contributed by atoms with Crippen LogP contribution in [0.1, 0.15) is 5.69 Å². The van der Waals surface area contributed by atoms with Crippen LogP contribution in [0.5, 0.6) is 0 Å². The molecule has 5 heteroatoms. The maximum absolute atomic E-state index is 9.15. The third-order valence-electron chi connectivity index (χ3n) is 3.36. The number of hydrogen-bond donors (Lipinski definition) is 1. The van der Waals surface area contributed by atoms with Gasteiger partial charge in [0.05, 0.1) is 25.5 Å². The molecule has 0 aliphatic carbocycles. The summed E-state index contributed by atoms with van der Waals surface area (Å²) < 4.78 is 5.37. The second-order valence-corrected chi connectivity index (χ2v) is 4.68. The first-order chi connectivity index (χ1) is 9.86. The van der Waals surface area contributed by atoms with Gasteiger partial charge in [-0.3, -0.25) is 0 Å². The van der Waals surface area contributed by atoms with E-state index < -0.39 is 0 Å². The minimum atomic E-state index is -0.0708. The van der Waals surface area contributed by atoms with E-state index in [0.29, 0.717) is 11.5 Å². The average Bonchev–Trinajstić information content (AvgIpc) is 2.56. The SMILES string of the molecule is OCc1ccnc(-c2cccc(N3CCOCC3)c2)n1. The first-order valence-electron chi connectivity index (χ1n) is 6.73. The van der Waals surface area contributed by atoms with E-state index in [9.17, 15) is 0 Å². The molecule has 0 spiro atoms. The number of aliphatic hydroxyl groups is 1. The van der Waals surface area contributed by atoms with Crippen molar-refractivity contribution in [3.05, 3.63) is 42.2 Å². The lowest BCUT2D eigenvalue weighted by molar-refractivity contribution is 0.122. The molecule has 0 saturated carbocycles. The van der Waals surface area contributed by atoms with Gasteiger partial charge in [0.2, 0.25) is 0 Å². The minimum Gasteiger partial charge on any atom is -0.390 e. The van der Waals surface area contributed by atoms with Gasteiger partial charge >= 0.3 is 0 Å². The van der Waals surface area contributed by atoms with E-state index in [-0.39, 0.29) is 6.61 Å². The first kappa shape index (κ1) is 13.0. The van der Waals surface area contributed by atoms with Crippen LogP contribution < -0.4 is 4.90 Å². The van der Waals surface area contributed by atoms with Crippen molar-refractivity contribution in [1.29, 1.82) is 0 Å². The quantitative estimate of drug-likeness (QED) is 0.916. The van der Waals surface area contributed by atoms with Crippen LogP contribution in [0.3, 0.4) is 0 Å². The van der Waals surface area contributed by atoms with Crippen molar-refractivity contribution in [2.24, 2.45) is 0 Å². The molecule has 0 atom stereocenters. The maximum Gasteiger partial charge on any atom is 0.159 e. The third kappa shape index (κ3) is 2.79. The first-order valence-corrected chi connectivity index (χ1v) is 6.73. The van der Waals surface area contributed by atoms with Crippen molar-refractivity contribution in [2.75, 3.05) is 31.2 Å². The predicted octanol–water partition coefficient (Wildman–Crippen LogP) is 1.47. The fourth-order valence-electron chi connectivity index (χ4n) is 2.29. The van der Waals surface area contributed by atoms with Gasteiger partial charge in [-0.15, -0.1) is 0 Å². The summed E-state index contributed by atoms with van der Waals surface area (Å²) in [6.07, 6.45) is 1.68. The number of anilines is 1. The second kappa shape index (κ2) is 5.98. The smallest absolute Gasteiger partial charge is 0.159 e. The Morgan fingerprint density at radius 2 is 2.05 bits per heavy atom. The average molecular weight is 271 g/mol. The minimum absolute atomic E-state index is 0.0708. The Morgan fingerprint density at radius 3 is 2.85 bits per heavy atom. The van der Waals surface area contributed by atoms with Crippen LogP contribution in [0, 0.1) is 0 Å². The number of ether oxygens (including phenoxy) is 1. The molecule has 1 aliphatic rings. The van der Waals surface area contributed by atoms with Gasteiger partial charge in [0.1, 0.15) is 0 Å². The Bertz CT molecular complexity index is 583. The molecule has 0 radical (unpaired) electrons. The van der Waals surface area contributed by atoms with Crippen LogP contribution in [0.15, 0.2) is 36.5 Å². The molecule has 104 valence electrons. The Hall–Kier alpha value is -1.98. The number of hydrogen-bond acceptors (Lipinski definition) is 5. The van der Waals surface area contributed by atoms with Crippen LogP contribution in [-0.2, 0) is 11.3 Å². The van der Waals surface area contributed by atoms with Gasteiger partial charge < -0.3 is 14.7 Å². The molecule has 1 N–H and O–H groups in total. The molecular weight excluding hydrogens is 254 g/mol. The Balaban J connectivity index is 1.89. The summed E-state index contributed by atoms with van der Waals surface area (Å²) in [4.78, 5) is 10.9. The van der Waals surface area contributed by atoms with Crippen molar-refractivity contribution in [3.8, 4) is 11.4 Å². The fraction of sp³-hybridized carbons (Fsp3) is 0.333. The molecule has 0 bridgehead atoms.